The Morgan fingerprint density at radius 1 is 1.38 bits per heavy atom. The maximum Gasteiger partial charge on any atom is 0.0978 e. The van der Waals surface area contributed by atoms with E-state index in [-0.39, 0.29) is 0 Å². The van der Waals surface area contributed by atoms with Crippen LogP contribution < -0.4 is 0 Å². The van der Waals surface area contributed by atoms with E-state index in [2.05, 4.69) is 46.5 Å². The fraction of sp³-hybridized carbons (Fsp3) is 0.333. The Labute approximate surface area is 90.3 Å². The van der Waals surface area contributed by atoms with Gasteiger partial charge in [-0.2, -0.15) is 5.10 Å². The van der Waals surface area contributed by atoms with Crippen molar-refractivity contribution in [3.63, 3.8) is 0 Å². The van der Waals surface area contributed by atoms with Crippen molar-refractivity contribution in [3.8, 4) is 0 Å². The summed E-state index contributed by atoms with van der Waals surface area (Å²) in [5.41, 5.74) is 2.15. The highest BCUT2D eigenvalue weighted by Gasteiger charge is 2.04. The number of nitrogens with zero attached hydrogens (tertiary/aromatic N) is 3. The molecule has 0 radical (unpaired) electrons. The monoisotopic (exact) mass is 287 g/mol. The first kappa shape index (κ1) is 8.93. The van der Waals surface area contributed by atoms with Crippen LogP contribution in [0, 0.1) is 3.57 Å². The minimum atomic E-state index is 0.450. The molecule has 0 aliphatic heterocycles. The maximum absolute atomic E-state index is 4.37. The summed E-state index contributed by atoms with van der Waals surface area (Å²) >= 11 is 2.26. The van der Waals surface area contributed by atoms with Crippen molar-refractivity contribution in [2.45, 2.75) is 19.8 Å². The van der Waals surface area contributed by atoms with Crippen molar-refractivity contribution >= 4 is 28.1 Å². The van der Waals surface area contributed by atoms with Gasteiger partial charge in [0, 0.05) is 0 Å². The molecule has 0 amide bonds. The van der Waals surface area contributed by atoms with E-state index in [9.17, 15) is 0 Å². The molecule has 2 heterocycles. The summed E-state index contributed by atoms with van der Waals surface area (Å²) in [5, 5.41) is 4.23. The van der Waals surface area contributed by atoms with Gasteiger partial charge in [-0.3, -0.25) is 4.98 Å². The molecule has 0 fully saturated rings. The normalized spacial score (nSPS) is 11.4. The second-order valence-corrected chi connectivity index (χ2v) is 4.45. The topological polar surface area (TPSA) is 30.2 Å². The summed E-state index contributed by atoms with van der Waals surface area (Å²) < 4.78 is 3.02. The van der Waals surface area contributed by atoms with Gasteiger partial charge in [0.25, 0.3) is 0 Å². The van der Waals surface area contributed by atoms with Gasteiger partial charge in [0.2, 0.25) is 0 Å². The number of halogens is 1. The summed E-state index contributed by atoms with van der Waals surface area (Å²) in [6.07, 6.45) is 5.72. The standard InChI is InChI=1S/C9H10IN3/c1-6(2)8-5-13-9(4-11-8)7(10)3-12-13/h3-6H,1-2H3. The highest BCUT2D eigenvalue weighted by molar-refractivity contribution is 14.1. The lowest BCUT2D eigenvalue weighted by Crippen LogP contribution is -1.97. The summed E-state index contributed by atoms with van der Waals surface area (Å²) in [7, 11) is 0. The summed E-state index contributed by atoms with van der Waals surface area (Å²) in [4.78, 5) is 4.37. The van der Waals surface area contributed by atoms with E-state index >= 15 is 0 Å². The van der Waals surface area contributed by atoms with Gasteiger partial charge in [-0.25, -0.2) is 4.52 Å². The van der Waals surface area contributed by atoms with Gasteiger partial charge in [0.05, 0.1) is 33.4 Å². The minimum Gasteiger partial charge on any atom is -0.257 e. The molecule has 0 spiro atoms. The Morgan fingerprint density at radius 2 is 2.15 bits per heavy atom. The lowest BCUT2D eigenvalue weighted by Gasteiger charge is -2.03. The Hall–Kier alpha value is -0.650. The molecule has 2 aromatic heterocycles. The smallest absolute Gasteiger partial charge is 0.0978 e. The predicted molar refractivity (Wildman–Crippen MR) is 59.8 cm³/mol. The van der Waals surface area contributed by atoms with E-state index < -0.39 is 0 Å². The first-order chi connectivity index (χ1) is 6.18. The van der Waals surface area contributed by atoms with Gasteiger partial charge in [-0.05, 0) is 28.5 Å². The Balaban J connectivity index is 2.63. The Morgan fingerprint density at radius 3 is 2.85 bits per heavy atom. The molecule has 0 saturated carbocycles. The van der Waals surface area contributed by atoms with Crippen molar-refractivity contribution in [2.75, 3.05) is 0 Å². The van der Waals surface area contributed by atoms with Crippen molar-refractivity contribution < 1.29 is 0 Å². The predicted octanol–water partition coefficient (Wildman–Crippen LogP) is 2.46. The van der Waals surface area contributed by atoms with Gasteiger partial charge in [-0.1, -0.05) is 13.8 Å². The van der Waals surface area contributed by atoms with Gasteiger partial charge < -0.3 is 0 Å². The first-order valence-corrected chi connectivity index (χ1v) is 5.25. The molecular formula is C9H10IN3. The number of hydrogen-bond donors (Lipinski definition) is 0. The zero-order valence-electron chi connectivity index (χ0n) is 7.53. The number of rotatable bonds is 1. The van der Waals surface area contributed by atoms with E-state index in [4.69, 9.17) is 0 Å². The third-order valence-electron chi connectivity index (χ3n) is 1.97. The second kappa shape index (κ2) is 3.25. The third-order valence-corrected chi connectivity index (χ3v) is 2.80. The fourth-order valence-corrected chi connectivity index (χ4v) is 1.68. The SMILES string of the molecule is CC(C)c1cn2ncc(I)c2cn1. The van der Waals surface area contributed by atoms with Gasteiger partial charge in [-0.15, -0.1) is 0 Å². The van der Waals surface area contributed by atoms with Crippen LogP contribution in [0.3, 0.4) is 0 Å². The lowest BCUT2D eigenvalue weighted by atomic mass is 10.1. The maximum atomic E-state index is 4.37. The number of hydrogen-bond acceptors (Lipinski definition) is 2. The average Bonchev–Trinajstić information content (AvgIpc) is 2.47. The molecule has 0 unspecified atom stereocenters. The third kappa shape index (κ3) is 1.54. The van der Waals surface area contributed by atoms with Crippen LogP contribution >= 0.6 is 22.6 Å². The molecule has 0 saturated heterocycles. The molecule has 0 aromatic carbocycles. The lowest BCUT2D eigenvalue weighted by molar-refractivity contribution is 0.792. The molecule has 2 aromatic rings. The van der Waals surface area contributed by atoms with E-state index in [0.29, 0.717) is 5.92 Å². The molecule has 2 rings (SSSR count). The Kier molecular flexibility index (Phi) is 2.23. The summed E-state index contributed by atoms with van der Waals surface area (Å²) in [5.74, 6) is 0.450. The number of fused-ring (bicyclic) bond motifs is 1. The zero-order chi connectivity index (χ0) is 9.42. The van der Waals surface area contributed by atoms with Crippen molar-refractivity contribution in [1.82, 2.24) is 14.6 Å². The highest BCUT2D eigenvalue weighted by atomic mass is 127. The molecule has 3 nitrogen and oxygen atoms in total. The first-order valence-electron chi connectivity index (χ1n) is 4.17. The van der Waals surface area contributed by atoms with Gasteiger partial charge in [0.1, 0.15) is 0 Å². The van der Waals surface area contributed by atoms with Crippen molar-refractivity contribution in [2.24, 2.45) is 0 Å². The van der Waals surface area contributed by atoms with Crippen molar-refractivity contribution in [3.05, 3.63) is 27.9 Å². The Bertz CT molecular complexity index is 433. The molecule has 0 aliphatic carbocycles. The molecule has 0 aliphatic rings. The quantitative estimate of drug-likeness (QED) is 0.754. The minimum absolute atomic E-state index is 0.450. The van der Waals surface area contributed by atoms with Crippen LogP contribution in [0.25, 0.3) is 5.52 Å². The largest absolute Gasteiger partial charge is 0.257 e. The summed E-state index contributed by atoms with van der Waals surface area (Å²) in [6, 6.07) is 0. The van der Waals surface area contributed by atoms with Crippen LogP contribution in [0.2, 0.25) is 0 Å². The van der Waals surface area contributed by atoms with E-state index in [0.717, 1.165) is 14.8 Å². The average molecular weight is 287 g/mol. The van der Waals surface area contributed by atoms with Gasteiger partial charge in [0.15, 0.2) is 0 Å². The van der Waals surface area contributed by atoms with Crippen LogP contribution in [0.4, 0.5) is 0 Å². The molecule has 13 heavy (non-hydrogen) atoms. The van der Waals surface area contributed by atoms with Crippen LogP contribution in [-0.2, 0) is 0 Å². The van der Waals surface area contributed by atoms with E-state index in [1.54, 1.807) is 0 Å². The highest BCUT2D eigenvalue weighted by Crippen LogP contribution is 2.15. The molecule has 68 valence electrons. The van der Waals surface area contributed by atoms with Crippen LogP contribution in [0.5, 0.6) is 0 Å². The van der Waals surface area contributed by atoms with Crippen LogP contribution in [0.1, 0.15) is 25.5 Å². The molecule has 0 atom stereocenters. The second-order valence-electron chi connectivity index (χ2n) is 3.29. The number of aromatic nitrogens is 3. The molecule has 0 N–H and O–H groups in total. The van der Waals surface area contributed by atoms with E-state index in [1.165, 1.54) is 0 Å². The van der Waals surface area contributed by atoms with Crippen LogP contribution in [-0.4, -0.2) is 14.6 Å². The summed E-state index contributed by atoms with van der Waals surface area (Å²) in [6.45, 7) is 4.26. The van der Waals surface area contributed by atoms with Crippen LogP contribution in [0.15, 0.2) is 18.6 Å². The molecular weight excluding hydrogens is 277 g/mol. The zero-order valence-corrected chi connectivity index (χ0v) is 9.69. The van der Waals surface area contributed by atoms with E-state index in [1.807, 2.05) is 23.1 Å². The molecule has 4 heteroatoms. The fourth-order valence-electron chi connectivity index (χ4n) is 1.17. The van der Waals surface area contributed by atoms with Gasteiger partial charge >= 0.3 is 0 Å². The van der Waals surface area contributed by atoms with Crippen molar-refractivity contribution in [1.29, 1.82) is 0 Å². The molecule has 0 bridgehead atoms.